The Balaban J connectivity index is 1.55. The van der Waals surface area contributed by atoms with Crippen LogP contribution in [0, 0.1) is 6.92 Å². The van der Waals surface area contributed by atoms with Gasteiger partial charge in [-0.15, -0.1) is 0 Å². The zero-order chi connectivity index (χ0) is 26.6. The first kappa shape index (κ1) is 25.5. The maximum Gasteiger partial charge on any atom is 0.255 e. The zero-order valence-electron chi connectivity index (χ0n) is 21.4. The van der Waals surface area contributed by atoms with E-state index in [1.165, 1.54) is 6.33 Å². The van der Waals surface area contributed by atoms with Crippen LogP contribution in [0.15, 0.2) is 88.8 Å². The molecule has 4 aromatic rings. The standard InChI is InChI=1S/C29H28BrN5O3/c1-4-37-25-12-8-7-11-23(25)34-28(36)26-19(3)33-29-31-17-32-35(29)27(26)22-15-21(30)13-14-24(22)38-16-20-10-6-5-9-18(20)2/h5-15,17,27H,4,16H2,1-3H3,(H,34,36)(H,31,32,33). The Hall–Kier alpha value is -4.11. The first-order valence-corrected chi connectivity index (χ1v) is 13.1. The summed E-state index contributed by atoms with van der Waals surface area (Å²) in [5.41, 5.74) is 4.78. The summed E-state index contributed by atoms with van der Waals surface area (Å²) in [4.78, 5) is 18.3. The second kappa shape index (κ2) is 11.1. The number of ether oxygens (including phenoxy) is 2. The van der Waals surface area contributed by atoms with Crippen LogP contribution in [-0.4, -0.2) is 27.3 Å². The fourth-order valence-electron chi connectivity index (χ4n) is 4.51. The van der Waals surface area contributed by atoms with E-state index in [4.69, 9.17) is 9.47 Å². The molecule has 5 rings (SSSR count). The van der Waals surface area contributed by atoms with E-state index in [0.29, 0.717) is 47.6 Å². The lowest BCUT2D eigenvalue weighted by atomic mass is 9.94. The van der Waals surface area contributed by atoms with Crippen molar-refractivity contribution in [3.8, 4) is 11.5 Å². The van der Waals surface area contributed by atoms with Crippen molar-refractivity contribution in [2.75, 3.05) is 17.2 Å². The lowest BCUT2D eigenvalue weighted by Crippen LogP contribution is -2.32. The molecule has 1 atom stereocenters. The number of hydrogen-bond acceptors (Lipinski definition) is 6. The molecule has 1 amide bonds. The third-order valence-corrected chi connectivity index (χ3v) is 6.88. The first-order valence-electron chi connectivity index (χ1n) is 12.3. The van der Waals surface area contributed by atoms with E-state index in [1.807, 2.05) is 74.5 Å². The van der Waals surface area contributed by atoms with E-state index in [9.17, 15) is 4.79 Å². The van der Waals surface area contributed by atoms with Gasteiger partial charge in [0.1, 0.15) is 30.5 Å². The summed E-state index contributed by atoms with van der Waals surface area (Å²) in [6, 6.07) is 20.7. The second-order valence-corrected chi connectivity index (χ2v) is 9.79. The molecule has 1 unspecified atom stereocenters. The number of benzene rings is 3. The third kappa shape index (κ3) is 5.15. The van der Waals surface area contributed by atoms with Crippen LogP contribution in [0.4, 0.5) is 11.6 Å². The van der Waals surface area contributed by atoms with Crippen molar-refractivity contribution in [3.63, 3.8) is 0 Å². The molecule has 0 saturated carbocycles. The highest BCUT2D eigenvalue weighted by molar-refractivity contribution is 9.10. The maximum atomic E-state index is 13.9. The van der Waals surface area contributed by atoms with E-state index < -0.39 is 6.04 Å². The van der Waals surface area contributed by atoms with Gasteiger partial charge >= 0.3 is 0 Å². The minimum absolute atomic E-state index is 0.280. The Bertz CT molecular complexity index is 1510. The predicted octanol–water partition coefficient (Wildman–Crippen LogP) is 6.25. The average Bonchev–Trinajstić information content (AvgIpc) is 3.37. The number of aryl methyl sites for hydroxylation is 1. The number of carbonyl (C=O) groups excluding carboxylic acids is 1. The number of allylic oxidation sites excluding steroid dienone is 1. The summed E-state index contributed by atoms with van der Waals surface area (Å²) in [7, 11) is 0. The number of amides is 1. The molecule has 2 heterocycles. The van der Waals surface area contributed by atoms with Crippen molar-refractivity contribution in [2.45, 2.75) is 33.4 Å². The van der Waals surface area contributed by atoms with Crippen molar-refractivity contribution in [3.05, 3.63) is 105 Å². The minimum atomic E-state index is -0.586. The number of nitrogens with zero attached hydrogens (tertiary/aromatic N) is 3. The van der Waals surface area contributed by atoms with Crippen molar-refractivity contribution < 1.29 is 14.3 Å². The molecule has 0 spiro atoms. The summed E-state index contributed by atoms with van der Waals surface area (Å²) in [6.07, 6.45) is 1.47. The SMILES string of the molecule is CCOc1ccccc1NC(=O)C1=C(C)Nc2ncnn2C1c1cc(Br)ccc1OCc1ccccc1C. The largest absolute Gasteiger partial charge is 0.492 e. The summed E-state index contributed by atoms with van der Waals surface area (Å²) in [6.45, 7) is 6.71. The van der Waals surface area contributed by atoms with E-state index >= 15 is 0 Å². The fraction of sp³-hybridized carbons (Fsp3) is 0.207. The number of hydrogen-bond donors (Lipinski definition) is 2. The van der Waals surface area contributed by atoms with E-state index in [1.54, 1.807) is 4.68 Å². The predicted molar refractivity (Wildman–Crippen MR) is 150 cm³/mol. The van der Waals surface area contributed by atoms with Crippen molar-refractivity contribution in [2.24, 2.45) is 0 Å². The summed E-state index contributed by atoms with van der Waals surface area (Å²) in [5.74, 6) is 1.52. The quantitative estimate of drug-likeness (QED) is 0.259. The van der Waals surface area contributed by atoms with Gasteiger partial charge in [0.05, 0.1) is 17.9 Å². The number of fused-ring (bicyclic) bond motifs is 1. The molecule has 9 heteroatoms. The molecule has 0 bridgehead atoms. The molecule has 1 aliphatic heterocycles. The van der Waals surface area contributed by atoms with Gasteiger partial charge in [-0.2, -0.15) is 10.1 Å². The Morgan fingerprint density at radius 2 is 1.84 bits per heavy atom. The number of aromatic nitrogens is 3. The Labute approximate surface area is 229 Å². The van der Waals surface area contributed by atoms with Gasteiger partial charge in [0.25, 0.3) is 5.91 Å². The van der Waals surface area contributed by atoms with Crippen LogP contribution in [-0.2, 0) is 11.4 Å². The summed E-state index contributed by atoms with van der Waals surface area (Å²) >= 11 is 3.60. The molecule has 38 heavy (non-hydrogen) atoms. The molecule has 0 radical (unpaired) electrons. The van der Waals surface area contributed by atoms with Crippen molar-refractivity contribution >= 4 is 33.5 Å². The third-order valence-electron chi connectivity index (χ3n) is 6.38. The Kier molecular flexibility index (Phi) is 7.46. The van der Waals surface area contributed by atoms with Crippen LogP contribution in [0.5, 0.6) is 11.5 Å². The number of carbonyl (C=O) groups is 1. The molecular formula is C29H28BrN5O3. The van der Waals surface area contributed by atoms with Crippen LogP contribution in [0.2, 0.25) is 0 Å². The van der Waals surface area contributed by atoms with Gasteiger partial charge in [-0.1, -0.05) is 52.3 Å². The average molecular weight is 574 g/mol. The van der Waals surface area contributed by atoms with Gasteiger partial charge in [0.2, 0.25) is 5.95 Å². The molecule has 0 fully saturated rings. The molecule has 0 aliphatic carbocycles. The minimum Gasteiger partial charge on any atom is -0.492 e. The van der Waals surface area contributed by atoms with Gasteiger partial charge in [-0.05, 0) is 62.2 Å². The van der Waals surface area contributed by atoms with Crippen molar-refractivity contribution in [1.29, 1.82) is 0 Å². The fourth-order valence-corrected chi connectivity index (χ4v) is 4.88. The molecular weight excluding hydrogens is 546 g/mol. The van der Waals surface area contributed by atoms with Crippen LogP contribution in [0.1, 0.15) is 36.6 Å². The number of para-hydroxylation sites is 2. The molecule has 3 aromatic carbocycles. The van der Waals surface area contributed by atoms with Gasteiger partial charge in [0.15, 0.2) is 0 Å². The lowest BCUT2D eigenvalue weighted by molar-refractivity contribution is -0.113. The highest BCUT2D eigenvalue weighted by atomic mass is 79.9. The number of anilines is 2. The number of rotatable bonds is 8. The van der Waals surface area contributed by atoms with Crippen LogP contribution < -0.4 is 20.1 Å². The van der Waals surface area contributed by atoms with E-state index in [-0.39, 0.29) is 5.91 Å². The molecule has 194 valence electrons. The smallest absolute Gasteiger partial charge is 0.255 e. The number of nitrogens with one attached hydrogen (secondary N) is 2. The van der Waals surface area contributed by atoms with Gasteiger partial charge < -0.3 is 20.1 Å². The normalized spacial score (nSPS) is 14.5. The molecule has 8 nitrogen and oxygen atoms in total. The number of halogens is 1. The van der Waals surface area contributed by atoms with Crippen molar-refractivity contribution in [1.82, 2.24) is 14.8 Å². The zero-order valence-corrected chi connectivity index (χ0v) is 23.0. The topological polar surface area (TPSA) is 90.3 Å². The van der Waals surface area contributed by atoms with E-state index in [2.05, 4.69) is 49.6 Å². The summed E-state index contributed by atoms with van der Waals surface area (Å²) < 4.78 is 14.6. The Morgan fingerprint density at radius 3 is 2.66 bits per heavy atom. The first-order chi connectivity index (χ1) is 18.5. The molecule has 1 aromatic heterocycles. The Morgan fingerprint density at radius 1 is 1.05 bits per heavy atom. The molecule has 0 saturated heterocycles. The highest BCUT2D eigenvalue weighted by Crippen LogP contribution is 2.41. The lowest BCUT2D eigenvalue weighted by Gasteiger charge is -2.30. The van der Waals surface area contributed by atoms with Gasteiger partial charge in [-0.25, -0.2) is 4.68 Å². The van der Waals surface area contributed by atoms with Crippen LogP contribution >= 0.6 is 15.9 Å². The second-order valence-electron chi connectivity index (χ2n) is 8.88. The van der Waals surface area contributed by atoms with Gasteiger partial charge in [0, 0.05) is 15.7 Å². The van der Waals surface area contributed by atoms with Gasteiger partial charge in [-0.3, -0.25) is 4.79 Å². The molecule has 2 N–H and O–H groups in total. The van der Waals surface area contributed by atoms with E-state index in [0.717, 1.165) is 21.2 Å². The van der Waals surface area contributed by atoms with Crippen LogP contribution in [0.25, 0.3) is 0 Å². The monoisotopic (exact) mass is 573 g/mol. The summed E-state index contributed by atoms with van der Waals surface area (Å²) in [5, 5.41) is 10.7. The highest BCUT2D eigenvalue weighted by Gasteiger charge is 2.35. The van der Waals surface area contributed by atoms with Crippen LogP contribution in [0.3, 0.4) is 0 Å². The maximum absolute atomic E-state index is 13.9. The molecule has 1 aliphatic rings.